The highest BCUT2D eigenvalue weighted by atomic mass is 35.5. The van der Waals surface area contributed by atoms with Gasteiger partial charge in [0.15, 0.2) is 0 Å². The molecule has 78 valence electrons. The molecule has 2 rings (SSSR count). The summed E-state index contributed by atoms with van der Waals surface area (Å²) in [4.78, 5) is 10.2. The number of aldehydes is 1. The van der Waals surface area contributed by atoms with Gasteiger partial charge >= 0.3 is 0 Å². The average molecular weight is 241 g/mol. The van der Waals surface area contributed by atoms with E-state index in [1.165, 1.54) is 5.56 Å². The Morgan fingerprint density at radius 1 is 1.27 bits per heavy atom. The van der Waals surface area contributed by atoms with Crippen LogP contribution in [-0.2, 0) is 4.79 Å². The van der Waals surface area contributed by atoms with Crippen LogP contribution >= 0.6 is 23.2 Å². The fraction of sp³-hybridized carbons (Fsp3) is 0.250. The molecule has 1 aliphatic carbocycles. The van der Waals surface area contributed by atoms with E-state index in [1.54, 1.807) is 6.08 Å². The van der Waals surface area contributed by atoms with Gasteiger partial charge in [-0.05, 0) is 42.0 Å². The number of rotatable bonds is 3. The second-order valence-corrected chi connectivity index (χ2v) is 4.51. The molecule has 2 atom stereocenters. The summed E-state index contributed by atoms with van der Waals surface area (Å²) in [7, 11) is 0. The lowest BCUT2D eigenvalue weighted by Crippen LogP contribution is -1.82. The highest BCUT2D eigenvalue weighted by Crippen LogP contribution is 2.49. The van der Waals surface area contributed by atoms with E-state index in [4.69, 9.17) is 23.2 Å². The van der Waals surface area contributed by atoms with Gasteiger partial charge in [-0.3, -0.25) is 4.79 Å². The number of hydrogen-bond acceptors (Lipinski definition) is 1. The smallest absolute Gasteiger partial charge is 0.142 e. The lowest BCUT2D eigenvalue weighted by atomic mass is 10.1. The third-order valence-corrected chi connectivity index (χ3v) is 3.39. The van der Waals surface area contributed by atoms with Crippen molar-refractivity contribution in [2.45, 2.75) is 12.3 Å². The molecule has 1 aromatic rings. The van der Waals surface area contributed by atoms with Crippen molar-refractivity contribution in [1.29, 1.82) is 0 Å². The Balaban J connectivity index is 2.10. The van der Waals surface area contributed by atoms with Gasteiger partial charge in [-0.1, -0.05) is 35.3 Å². The molecule has 0 radical (unpaired) electrons. The molecule has 0 aliphatic heterocycles. The lowest BCUT2D eigenvalue weighted by molar-refractivity contribution is -0.104. The van der Waals surface area contributed by atoms with Gasteiger partial charge in [0.2, 0.25) is 0 Å². The maximum atomic E-state index is 10.2. The van der Waals surface area contributed by atoms with Crippen molar-refractivity contribution < 1.29 is 4.79 Å². The molecule has 2 unspecified atom stereocenters. The fourth-order valence-electron chi connectivity index (χ4n) is 1.74. The van der Waals surface area contributed by atoms with Gasteiger partial charge in [-0.15, -0.1) is 0 Å². The first-order valence-corrected chi connectivity index (χ1v) is 5.55. The summed E-state index contributed by atoms with van der Waals surface area (Å²) in [6.07, 6.45) is 5.40. The quantitative estimate of drug-likeness (QED) is 0.580. The topological polar surface area (TPSA) is 17.1 Å². The van der Waals surface area contributed by atoms with Crippen molar-refractivity contribution in [2.75, 3.05) is 0 Å². The predicted octanol–water partition coefficient (Wildman–Crippen LogP) is 3.85. The van der Waals surface area contributed by atoms with Crippen molar-refractivity contribution in [3.8, 4) is 0 Å². The van der Waals surface area contributed by atoms with E-state index in [9.17, 15) is 4.79 Å². The second-order valence-electron chi connectivity index (χ2n) is 3.70. The molecule has 1 nitrogen and oxygen atoms in total. The molecular formula is C12H10Cl2O. The minimum atomic E-state index is 0.479. The van der Waals surface area contributed by atoms with E-state index < -0.39 is 0 Å². The van der Waals surface area contributed by atoms with Gasteiger partial charge in [0.25, 0.3) is 0 Å². The van der Waals surface area contributed by atoms with Crippen LogP contribution in [0.5, 0.6) is 0 Å². The lowest BCUT2D eigenvalue weighted by Gasteiger charge is -2.00. The van der Waals surface area contributed by atoms with E-state index >= 15 is 0 Å². The molecule has 1 saturated carbocycles. The van der Waals surface area contributed by atoms with Gasteiger partial charge in [0, 0.05) is 0 Å². The Bertz CT molecular complexity index is 412. The number of carbonyl (C=O) groups is 1. The van der Waals surface area contributed by atoms with E-state index in [-0.39, 0.29) is 0 Å². The maximum Gasteiger partial charge on any atom is 0.142 e. The van der Waals surface area contributed by atoms with Crippen molar-refractivity contribution >= 4 is 29.5 Å². The van der Waals surface area contributed by atoms with Crippen molar-refractivity contribution in [1.82, 2.24) is 0 Å². The van der Waals surface area contributed by atoms with E-state index in [0.717, 1.165) is 12.7 Å². The number of carbonyl (C=O) groups excluding carboxylic acids is 1. The molecular weight excluding hydrogens is 231 g/mol. The molecule has 0 saturated heterocycles. The SMILES string of the molecule is O=C/C=C/C1CC1c1ccc(Cl)c(Cl)c1. The Kier molecular flexibility index (Phi) is 3.13. The zero-order chi connectivity index (χ0) is 10.8. The first-order valence-electron chi connectivity index (χ1n) is 4.79. The van der Waals surface area contributed by atoms with Crippen LogP contribution in [0.2, 0.25) is 10.0 Å². The first-order chi connectivity index (χ1) is 7.22. The van der Waals surface area contributed by atoms with Crippen LogP contribution in [0.1, 0.15) is 17.9 Å². The van der Waals surface area contributed by atoms with E-state index in [1.807, 2.05) is 24.3 Å². The highest BCUT2D eigenvalue weighted by molar-refractivity contribution is 6.42. The Hall–Kier alpha value is -0.790. The summed E-state index contributed by atoms with van der Waals surface area (Å²) < 4.78 is 0. The Labute approximate surface area is 98.7 Å². The second kappa shape index (κ2) is 4.38. The molecule has 1 fully saturated rings. The third kappa shape index (κ3) is 2.42. The molecule has 0 amide bonds. The van der Waals surface area contributed by atoms with Gasteiger partial charge < -0.3 is 0 Å². The summed E-state index contributed by atoms with van der Waals surface area (Å²) >= 11 is 11.8. The van der Waals surface area contributed by atoms with Crippen LogP contribution < -0.4 is 0 Å². The minimum absolute atomic E-state index is 0.479. The van der Waals surface area contributed by atoms with Gasteiger partial charge in [0.05, 0.1) is 10.0 Å². The molecule has 0 heterocycles. The van der Waals surface area contributed by atoms with Crippen LogP contribution in [0, 0.1) is 5.92 Å². The van der Waals surface area contributed by atoms with Crippen LogP contribution in [0.25, 0.3) is 0 Å². The fourth-order valence-corrected chi connectivity index (χ4v) is 2.05. The summed E-state index contributed by atoms with van der Waals surface area (Å²) in [5, 5.41) is 1.18. The van der Waals surface area contributed by atoms with Crippen LogP contribution in [-0.4, -0.2) is 6.29 Å². The average Bonchev–Trinajstić information content (AvgIpc) is 2.98. The van der Waals surface area contributed by atoms with Gasteiger partial charge in [0.1, 0.15) is 6.29 Å². The largest absolute Gasteiger partial charge is 0.299 e. The molecule has 0 N–H and O–H groups in total. The molecule has 1 aromatic carbocycles. The van der Waals surface area contributed by atoms with Crippen LogP contribution in [0.4, 0.5) is 0 Å². The molecule has 15 heavy (non-hydrogen) atoms. The standard InChI is InChI=1S/C12H10Cl2O/c13-11-4-3-9(7-12(11)14)10-6-8(10)2-1-5-15/h1-5,7-8,10H,6H2/b2-1+. The summed E-state index contributed by atoms with van der Waals surface area (Å²) in [6.45, 7) is 0. The number of halogens is 2. The minimum Gasteiger partial charge on any atom is -0.299 e. The van der Waals surface area contributed by atoms with E-state index in [0.29, 0.717) is 21.9 Å². The zero-order valence-electron chi connectivity index (χ0n) is 7.99. The molecule has 0 spiro atoms. The van der Waals surface area contributed by atoms with Crippen molar-refractivity contribution in [2.24, 2.45) is 5.92 Å². The number of benzene rings is 1. The maximum absolute atomic E-state index is 10.2. The molecule has 3 heteroatoms. The summed E-state index contributed by atoms with van der Waals surface area (Å²) in [5.41, 5.74) is 1.20. The summed E-state index contributed by atoms with van der Waals surface area (Å²) in [5.74, 6) is 0.975. The molecule has 1 aliphatic rings. The number of hydrogen-bond donors (Lipinski definition) is 0. The highest BCUT2D eigenvalue weighted by Gasteiger charge is 2.36. The van der Waals surface area contributed by atoms with Crippen LogP contribution in [0.3, 0.4) is 0 Å². The molecule has 0 bridgehead atoms. The third-order valence-electron chi connectivity index (χ3n) is 2.65. The van der Waals surface area contributed by atoms with E-state index in [2.05, 4.69) is 0 Å². The Morgan fingerprint density at radius 3 is 2.73 bits per heavy atom. The number of allylic oxidation sites excluding steroid dienone is 2. The Morgan fingerprint density at radius 2 is 2.07 bits per heavy atom. The predicted molar refractivity (Wildman–Crippen MR) is 62.5 cm³/mol. The van der Waals surface area contributed by atoms with Gasteiger partial charge in [-0.2, -0.15) is 0 Å². The summed E-state index contributed by atoms with van der Waals surface area (Å²) in [6, 6.07) is 5.72. The molecule has 0 aromatic heterocycles. The zero-order valence-corrected chi connectivity index (χ0v) is 9.50. The van der Waals surface area contributed by atoms with Crippen molar-refractivity contribution in [3.63, 3.8) is 0 Å². The van der Waals surface area contributed by atoms with Crippen LogP contribution in [0.15, 0.2) is 30.4 Å². The van der Waals surface area contributed by atoms with Gasteiger partial charge in [-0.25, -0.2) is 0 Å². The monoisotopic (exact) mass is 240 g/mol. The van der Waals surface area contributed by atoms with Crippen molar-refractivity contribution in [3.05, 3.63) is 46.0 Å². The normalized spacial score (nSPS) is 24.4. The first kappa shape index (κ1) is 10.7.